The van der Waals surface area contributed by atoms with Gasteiger partial charge in [0.2, 0.25) is 5.91 Å². The number of ether oxygens (including phenoxy) is 1. The Morgan fingerprint density at radius 3 is 2.11 bits per heavy atom. The number of hydrogen-bond donors (Lipinski definition) is 2. The SMILES string of the molecule is COCC[n+]1ccn([C@@H]2CC[C@H](C(C(N)=O)(c3ccccc3)c3ccccc3)C2)c1C.CS(=O)(=O)O. The van der Waals surface area contributed by atoms with Gasteiger partial charge in [-0.05, 0) is 36.3 Å². The highest BCUT2D eigenvalue weighted by Gasteiger charge is 2.51. The summed E-state index contributed by atoms with van der Waals surface area (Å²) in [7, 11) is -1.94. The Bertz CT molecular complexity index is 1200. The van der Waals surface area contributed by atoms with Crippen LogP contribution in [-0.4, -0.2) is 43.4 Å². The number of nitrogens with two attached hydrogens (primary N) is 1. The van der Waals surface area contributed by atoms with Gasteiger partial charge in [-0.25, -0.2) is 9.13 Å². The Morgan fingerprint density at radius 1 is 1.11 bits per heavy atom. The van der Waals surface area contributed by atoms with Crippen LogP contribution in [0.2, 0.25) is 0 Å². The second-order valence-electron chi connectivity index (χ2n) is 9.24. The molecule has 194 valence electrons. The molecule has 1 aromatic heterocycles. The molecule has 1 aliphatic carbocycles. The molecule has 2 atom stereocenters. The van der Waals surface area contributed by atoms with Gasteiger partial charge in [0.25, 0.3) is 15.9 Å². The van der Waals surface area contributed by atoms with Gasteiger partial charge < -0.3 is 10.5 Å². The van der Waals surface area contributed by atoms with Gasteiger partial charge in [-0.2, -0.15) is 8.42 Å². The van der Waals surface area contributed by atoms with Crippen LogP contribution in [0.4, 0.5) is 0 Å². The van der Waals surface area contributed by atoms with Gasteiger partial charge in [0.05, 0.1) is 12.9 Å². The Morgan fingerprint density at radius 2 is 1.64 bits per heavy atom. The minimum atomic E-state index is -3.67. The minimum Gasteiger partial charge on any atom is -0.381 e. The van der Waals surface area contributed by atoms with Crippen molar-refractivity contribution in [3.63, 3.8) is 0 Å². The first-order valence-corrected chi connectivity index (χ1v) is 13.8. The van der Waals surface area contributed by atoms with Crippen LogP contribution >= 0.6 is 0 Å². The maximum atomic E-state index is 13.2. The molecule has 0 spiro atoms. The molecule has 0 radical (unpaired) electrons. The molecule has 3 N–H and O–H groups in total. The fourth-order valence-corrected chi connectivity index (χ4v) is 5.46. The molecular formula is C27H36N3O5S+. The summed E-state index contributed by atoms with van der Waals surface area (Å²) in [4.78, 5) is 13.2. The second-order valence-corrected chi connectivity index (χ2v) is 10.7. The molecular weight excluding hydrogens is 478 g/mol. The Labute approximate surface area is 213 Å². The zero-order valence-corrected chi connectivity index (χ0v) is 21.9. The van der Waals surface area contributed by atoms with Crippen LogP contribution in [0.15, 0.2) is 73.1 Å². The normalized spacial score (nSPS) is 17.9. The molecule has 9 heteroatoms. The van der Waals surface area contributed by atoms with Gasteiger partial charge in [-0.1, -0.05) is 60.7 Å². The van der Waals surface area contributed by atoms with E-state index in [0.717, 1.165) is 36.9 Å². The molecule has 8 nitrogen and oxygen atoms in total. The van der Waals surface area contributed by atoms with Crippen molar-refractivity contribution in [2.75, 3.05) is 20.0 Å². The number of carbonyl (C=O) groups is 1. The molecule has 0 bridgehead atoms. The molecule has 1 aliphatic rings. The lowest BCUT2D eigenvalue weighted by Gasteiger charge is -2.37. The average Bonchev–Trinajstić information content (AvgIpc) is 3.45. The van der Waals surface area contributed by atoms with E-state index in [9.17, 15) is 13.2 Å². The summed E-state index contributed by atoms with van der Waals surface area (Å²) >= 11 is 0. The molecule has 3 aromatic rings. The lowest BCUT2D eigenvalue weighted by molar-refractivity contribution is -0.703. The summed E-state index contributed by atoms with van der Waals surface area (Å²) in [6.45, 7) is 3.68. The number of benzene rings is 2. The fraction of sp³-hybridized carbons (Fsp3) is 0.407. The molecule has 1 fully saturated rings. The Balaban J connectivity index is 0.000000658. The minimum absolute atomic E-state index is 0.133. The largest absolute Gasteiger partial charge is 0.381 e. The van der Waals surface area contributed by atoms with E-state index in [-0.39, 0.29) is 11.8 Å². The highest BCUT2D eigenvalue weighted by atomic mass is 32.2. The van der Waals surface area contributed by atoms with E-state index in [1.807, 2.05) is 60.7 Å². The fourth-order valence-electron chi connectivity index (χ4n) is 5.46. The van der Waals surface area contributed by atoms with Gasteiger partial charge in [-0.15, -0.1) is 0 Å². The summed E-state index contributed by atoms with van der Waals surface area (Å²) in [5.41, 5.74) is 7.37. The highest BCUT2D eigenvalue weighted by molar-refractivity contribution is 7.85. The molecule has 1 heterocycles. The molecule has 36 heavy (non-hydrogen) atoms. The molecule has 0 unspecified atom stereocenters. The van der Waals surface area contributed by atoms with E-state index in [0.29, 0.717) is 18.9 Å². The monoisotopic (exact) mass is 514 g/mol. The molecule has 0 saturated heterocycles. The van der Waals surface area contributed by atoms with Crippen molar-refractivity contribution >= 4 is 16.0 Å². The number of amides is 1. The lowest BCUT2D eigenvalue weighted by atomic mass is 9.64. The van der Waals surface area contributed by atoms with Crippen LogP contribution in [0, 0.1) is 12.8 Å². The smallest absolute Gasteiger partial charge is 0.261 e. The molecule has 0 aliphatic heterocycles. The third kappa shape index (κ3) is 6.21. The van der Waals surface area contributed by atoms with E-state index < -0.39 is 15.5 Å². The van der Waals surface area contributed by atoms with Crippen LogP contribution in [-0.2, 0) is 31.6 Å². The third-order valence-electron chi connectivity index (χ3n) is 6.99. The molecule has 1 amide bonds. The number of rotatable bonds is 8. The average molecular weight is 515 g/mol. The van der Waals surface area contributed by atoms with Crippen LogP contribution in [0.25, 0.3) is 0 Å². The first kappa shape index (κ1) is 27.6. The van der Waals surface area contributed by atoms with Crippen molar-refractivity contribution in [2.24, 2.45) is 11.7 Å². The predicted molar refractivity (Wildman–Crippen MR) is 138 cm³/mol. The summed E-state index contributed by atoms with van der Waals surface area (Å²) in [6.07, 6.45) is 7.89. The zero-order valence-electron chi connectivity index (χ0n) is 21.1. The van der Waals surface area contributed by atoms with E-state index in [1.54, 1.807) is 7.11 Å². The lowest BCUT2D eigenvalue weighted by Crippen LogP contribution is -2.47. The Hall–Kier alpha value is -3.01. The van der Waals surface area contributed by atoms with Crippen molar-refractivity contribution in [1.82, 2.24) is 4.57 Å². The van der Waals surface area contributed by atoms with Crippen molar-refractivity contribution < 1.29 is 27.1 Å². The first-order valence-electron chi connectivity index (χ1n) is 12.0. The van der Waals surface area contributed by atoms with E-state index in [2.05, 4.69) is 28.5 Å². The zero-order chi connectivity index (χ0) is 26.3. The van der Waals surface area contributed by atoms with E-state index in [4.69, 9.17) is 15.0 Å². The maximum absolute atomic E-state index is 13.2. The van der Waals surface area contributed by atoms with Gasteiger partial charge in [0.15, 0.2) is 0 Å². The van der Waals surface area contributed by atoms with Gasteiger partial charge >= 0.3 is 0 Å². The summed E-state index contributed by atoms with van der Waals surface area (Å²) in [5.74, 6) is 1.08. The van der Waals surface area contributed by atoms with E-state index in [1.165, 1.54) is 5.82 Å². The number of hydrogen-bond acceptors (Lipinski definition) is 4. The van der Waals surface area contributed by atoms with Gasteiger partial charge in [0.1, 0.15) is 30.4 Å². The van der Waals surface area contributed by atoms with Crippen LogP contribution in [0.3, 0.4) is 0 Å². The predicted octanol–water partition coefficient (Wildman–Crippen LogP) is 3.05. The number of primary amides is 1. The number of nitrogens with zero attached hydrogens (tertiary/aromatic N) is 2. The second kappa shape index (κ2) is 11.8. The topological polar surface area (TPSA) is 116 Å². The van der Waals surface area contributed by atoms with Crippen molar-refractivity contribution in [3.8, 4) is 0 Å². The van der Waals surface area contributed by atoms with Gasteiger partial charge in [-0.3, -0.25) is 9.35 Å². The third-order valence-corrected chi connectivity index (χ3v) is 6.99. The van der Waals surface area contributed by atoms with Crippen molar-refractivity contribution in [2.45, 2.75) is 44.2 Å². The highest BCUT2D eigenvalue weighted by Crippen LogP contribution is 2.49. The van der Waals surface area contributed by atoms with Crippen LogP contribution in [0.1, 0.15) is 42.3 Å². The van der Waals surface area contributed by atoms with Crippen molar-refractivity contribution in [1.29, 1.82) is 0 Å². The number of imidazole rings is 1. The first-order chi connectivity index (χ1) is 17.1. The summed E-state index contributed by atoms with van der Waals surface area (Å²) < 4.78 is 35.7. The van der Waals surface area contributed by atoms with Crippen molar-refractivity contribution in [3.05, 3.63) is 90.0 Å². The standard InChI is InChI=1S/C26H31N3O2.CH4O3S/c1-20-28(17-18-31-2)15-16-29(20)24-14-13-23(19-24)26(25(27)30,21-9-5-3-6-10-21)22-11-7-4-8-12-22;1-5(2,3)4/h3-12,15-16,23-24H,13-14,17-19H2,1-2H3,(H-,27,30);1H3,(H,2,3,4)/p+1/t23-,24+;/m0./s1. The Kier molecular flexibility index (Phi) is 9.05. The quantitative estimate of drug-likeness (QED) is 0.354. The molecule has 2 aromatic carbocycles. The number of aromatic nitrogens is 2. The molecule has 4 rings (SSSR count). The summed E-state index contributed by atoms with van der Waals surface area (Å²) in [6, 6.07) is 20.5. The van der Waals surface area contributed by atoms with E-state index >= 15 is 0 Å². The maximum Gasteiger partial charge on any atom is 0.261 e. The van der Waals surface area contributed by atoms with Crippen LogP contribution < -0.4 is 10.3 Å². The number of methoxy groups -OCH3 is 1. The molecule has 1 saturated carbocycles. The number of carbonyl (C=O) groups excluding carboxylic acids is 1. The van der Waals surface area contributed by atoms with Crippen LogP contribution in [0.5, 0.6) is 0 Å². The summed E-state index contributed by atoms with van der Waals surface area (Å²) in [5, 5.41) is 0. The van der Waals surface area contributed by atoms with Gasteiger partial charge in [0, 0.05) is 14.0 Å².